The summed E-state index contributed by atoms with van der Waals surface area (Å²) in [4.78, 5) is 2.30. The number of rotatable bonds is 11. The quantitative estimate of drug-likeness (QED) is 0.600. The van der Waals surface area contributed by atoms with Crippen LogP contribution >= 0.6 is 0 Å². The minimum atomic E-state index is -0.101. The summed E-state index contributed by atoms with van der Waals surface area (Å²) in [5.41, 5.74) is -0.101. The summed E-state index contributed by atoms with van der Waals surface area (Å²) in [5, 5.41) is 13.1. The molecule has 4 nitrogen and oxygen atoms in total. The van der Waals surface area contributed by atoms with E-state index in [9.17, 15) is 5.11 Å². The fourth-order valence-electron chi connectivity index (χ4n) is 2.21. The molecule has 1 saturated carbocycles. The van der Waals surface area contributed by atoms with E-state index in [0.29, 0.717) is 12.1 Å². The van der Waals surface area contributed by atoms with Gasteiger partial charge in [0.1, 0.15) is 0 Å². The molecular formula is C15H32N2O2. The van der Waals surface area contributed by atoms with Crippen molar-refractivity contribution < 1.29 is 9.84 Å². The number of aliphatic hydroxyl groups is 1. The van der Waals surface area contributed by atoms with E-state index >= 15 is 0 Å². The molecule has 0 spiro atoms. The molecule has 0 aromatic heterocycles. The van der Waals surface area contributed by atoms with Crippen LogP contribution in [0.2, 0.25) is 0 Å². The highest BCUT2D eigenvalue weighted by Crippen LogP contribution is 2.24. The predicted octanol–water partition coefficient (Wildman–Crippen LogP) is 1.63. The van der Waals surface area contributed by atoms with Crippen molar-refractivity contribution in [3.8, 4) is 0 Å². The van der Waals surface area contributed by atoms with Crippen molar-refractivity contribution in [3.63, 3.8) is 0 Å². The number of ether oxygens (including phenoxy) is 1. The van der Waals surface area contributed by atoms with Gasteiger partial charge >= 0.3 is 0 Å². The maximum Gasteiger partial charge on any atom is 0.0610 e. The Morgan fingerprint density at radius 2 is 2.05 bits per heavy atom. The topological polar surface area (TPSA) is 44.7 Å². The lowest BCUT2D eigenvalue weighted by atomic mass is 9.96. The SMILES string of the molecule is CC(C)OCCN(C)CCCC(C)(CO)NC1CC1. The lowest BCUT2D eigenvalue weighted by Crippen LogP contribution is -2.47. The Labute approximate surface area is 118 Å². The minimum absolute atomic E-state index is 0.101. The average molecular weight is 272 g/mol. The summed E-state index contributed by atoms with van der Waals surface area (Å²) >= 11 is 0. The lowest BCUT2D eigenvalue weighted by Gasteiger charge is -2.30. The second kappa shape index (κ2) is 8.20. The molecule has 1 rings (SSSR count). The average Bonchev–Trinajstić information content (AvgIpc) is 3.12. The first-order valence-electron chi connectivity index (χ1n) is 7.64. The van der Waals surface area contributed by atoms with Crippen LogP contribution in [0.25, 0.3) is 0 Å². The maximum atomic E-state index is 9.53. The highest BCUT2D eigenvalue weighted by molar-refractivity contribution is 4.92. The first kappa shape index (κ1) is 16.9. The number of nitrogens with zero attached hydrogens (tertiary/aromatic N) is 1. The van der Waals surface area contributed by atoms with Crippen LogP contribution in [-0.2, 0) is 4.74 Å². The van der Waals surface area contributed by atoms with Crippen LogP contribution in [-0.4, -0.2) is 61.0 Å². The van der Waals surface area contributed by atoms with E-state index in [0.717, 1.165) is 32.5 Å². The van der Waals surface area contributed by atoms with Gasteiger partial charge in [0.2, 0.25) is 0 Å². The Hall–Kier alpha value is -0.160. The van der Waals surface area contributed by atoms with Gasteiger partial charge in [-0.1, -0.05) is 0 Å². The number of hydrogen-bond donors (Lipinski definition) is 2. The molecule has 0 amide bonds. The molecule has 0 bridgehead atoms. The van der Waals surface area contributed by atoms with Gasteiger partial charge in [-0.05, 0) is 60.0 Å². The molecule has 114 valence electrons. The smallest absolute Gasteiger partial charge is 0.0610 e. The van der Waals surface area contributed by atoms with Crippen molar-refractivity contribution in [2.24, 2.45) is 0 Å². The Morgan fingerprint density at radius 1 is 1.37 bits per heavy atom. The summed E-state index contributed by atoms with van der Waals surface area (Å²) in [6, 6.07) is 0.648. The van der Waals surface area contributed by atoms with Crippen molar-refractivity contribution in [1.82, 2.24) is 10.2 Å². The van der Waals surface area contributed by atoms with Crippen LogP contribution in [0.1, 0.15) is 46.5 Å². The van der Waals surface area contributed by atoms with Gasteiger partial charge in [0.15, 0.2) is 0 Å². The number of hydrogen-bond acceptors (Lipinski definition) is 4. The first-order chi connectivity index (χ1) is 8.95. The van der Waals surface area contributed by atoms with Crippen molar-refractivity contribution in [2.45, 2.75) is 64.1 Å². The van der Waals surface area contributed by atoms with Crippen LogP contribution in [0.15, 0.2) is 0 Å². The van der Waals surface area contributed by atoms with Gasteiger partial charge in [-0.3, -0.25) is 0 Å². The first-order valence-corrected chi connectivity index (χ1v) is 7.64. The molecular weight excluding hydrogens is 240 g/mol. The second-order valence-corrected chi connectivity index (χ2v) is 6.46. The van der Waals surface area contributed by atoms with Gasteiger partial charge < -0.3 is 20.1 Å². The molecule has 0 aromatic carbocycles. The zero-order chi connectivity index (χ0) is 14.3. The molecule has 0 aliphatic heterocycles. The van der Waals surface area contributed by atoms with Gasteiger partial charge in [0.05, 0.1) is 19.3 Å². The van der Waals surface area contributed by atoms with E-state index in [4.69, 9.17) is 4.74 Å². The summed E-state index contributed by atoms with van der Waals surface area (Å²) in [5.74, 6) is 0. The van der Waals surface area contributed by atoms with E-state index in [1.807, 2.05) is 0 Å². The Balaban J connectivity index is 2.09. The Bertz CT molecular complexity index is 244. The largest absolute Gasteiger partial charge is 0.394 e. The fraction of sp³-hybridized carbons (Fsp3) is 1.00. The lowest BCUT2D eigenvalue weighted by molar-refractivity contribution is 0.0628. The summed E-state index contributed by atoms with van der Waals surface area (Å²) in [6.07, 6.45) is 4.97. The molecule has 0 saturated heterocycles. The van der Waals surface area contributed by atoms with Gasteiger partial charge in [-0.2, -0.15) is 0 Å². The van der Waals surface area contributed by atoms with Gasteiger partial charge in [0.25, 0.3) is 0 Å². The monoisotopic (exact) mass is 272 g/mol. The Morgan fingerprint density at radius 3 is 2.58 bits per heavy atom. The molecule has 1 unspecified atom stereocenters. The molecule has 0 heterocycles. The highest BCUT2D eigenvalue weighted by Gasteiger charge is 2.31. The summed E-state index contributed by atoms with van der Waals surface area (Å²) < 4.78 is 5.55. The maximum absolute atomic E-state index is 9.53. The normalized spacial score (nSPS) is 19.1. The van der Waals surface area contributed by atoms with Crippen LogP contribution in [0.4, 0.5) is 0 Å². The van der Waals surface area contributed by atoms with Crippen molar-refractivity contribution in [3.05, 3.63) is 0 Å². The third kappa shape index (κ3) is 7.88. The van der Waals surface area contributed by atoms with Gasteiger partial charge in [-0.25, -0.2) is 0 Å². The third-order valence-electron chi connectivity index (χ3n) is 3.67. The van der Waals surface area contributed by atoms with E-state index in [1.165, 1.54) is 12.8 Å². The molecule has 4 heteroatoms. The van der Waals surface area contributed by atoms with Crippen LogP contribution < -0.4 is 5.32 Å². The molecule has 1 aliphatic carbocycles. The fourth-order valence-corrected chi connectivity index (χ4v) is 2.21. The molecule has 19 heavy (non-hydrogen) atoms. The van der Waals surface area contributed by atoms with Crippen molar-refractivity contribution >= 4 is 0 Å². The predicted molar refractivity (Wildman–Crippen MR) is 79.5 cm³/mol. The zero-order valence-corrected chi connectivity index (χ0v) is 13.1. The summed E-state index contributed by atoms with van der Waals surface area (Å²) in [7, 11) is 2.13. The number of nitrogens with one attached hydrogen (secondary N) is 1. The molecule has 2 N–H and O–H groups in total. The second-order valence-electron chi connectivity index (χ2n) is 6.46. The van der Waals surface area contributed by atoms with E-state index < -0.39 is 0 Å². The van der Waals surface area contributed by atoms with Gasteiger partial charge in [0, 0.05) is 18.1 Å². The van der Waals surface area contributed by atoms with E-state index in [2.05, 4.69) is 38.0 Å². The Kier molecular flexibility index (Phi) is 7.29. The number of aliphatic hydroxyl groups excluding tert-OH is 1. The van der Waals surface area contributed by atoms with Gasteiger partial charge in [-0.15, -0.1) is 0 Å². The zero-order valence-electron chi connectivity index (χ0n) is 13.1. The van der Waals surface area contributed by atoms with Crippen LogP contribution in [0, 0.1) is 0 Å². The minimum Gasteiger partial charge on any atom is -0.394 e. The highest BCUT2D eigenvalue weighted by atomic mass is 16.5. The molecule has 1 atom stereocenters. The standard InChI is InChI=1S/C15H32N2O2/c1-13(2)19-11-10-17(4)9-5-8-15(3,12-18)16-14-6-7-14/h13-14,16,18H,5-12H2,1-4H3. The van der Waals surface area contributed by atoms with E-state index in [-0.39, 0.29) is 12.1 Å². The molecule has 1 fully saturated rings. The van der Waals surface area contributed by atoms with Crippen molar-refractivity contribution in [2.75, 3.05) is 33.4 Å². The number of likely N-dealkylation sites (N-methyl/N-ethyl adjacent to an activating group) is 1. The summed E-state index contributed by atoms with van der Waals surface area (Å²) in [6.45, 7) is 9.32. The molecule has 0 aromatic rings. The van der Waals surface area contributed by atoms with E-state index in [1.54, 1.807) is 0 Å². The molecule has 0 radical (unpaired) electrons. The molecule has 1 aliphatic rings. The van der Waals surface area contributed by atoms with Crippen LogP contribution in [0.5, 0.6) is 0 Å². The van der Waals surface area contributed by atoms with Crippen LogP contribution in [0.3, 0.4) is 0 Å². The third-order valence-corrected chi connectivity index (χ3v) is 3.67. The van der Waals surface area contributed by atoms with Crippen molar-refractivity contribution in [1.29, 1.82) is 0 Å².